The maximum absolute atomic E-state index is 11.6. The summed E-state index contributed by atoms with van der Waals surface area (Å²) in [5.74, 6) is -0.106. The van der Waals surface area contributed by atoms with Crippen LogP contribution in [0.5, 0.6) is 0 Å². The molecule has 1 atom stereocenters. The Morgan fingerprint density at radius 3 is 2.75 bits per heavy atom. The van der Waals surface area contributed by atoms with Crippen molar-refractivity contribution in [3.8, 4) is 0 Å². The van der Waals surface area contributed by atoms with Crippen LogP contribution in [0.15, 0.2) is 24.3 Å². The smallest absolute Gasteiger partial charge is 0.227 e. The Kier molecular flexibility index (Phi) is 4.99. The zero-order valence-corrected chi connectivity index (χ0v) is 10.1. The van der Waals surface area contributed by atoms with E-state index in [0.717, 1.165) is 11.1 Å². The zero-order chi connectivity index (χ0) is 12.0. The summed E-state index contributed by atoms with van der Waals surface area (Å²) in [4.78, 5) is 11.6. The lowest BCUT2D eigenvalue weighted by molar-refractivity contribution is -0.121. The van der Waals surface area contributed by atoms with Crippen LogP contribution >= 0.6 is 0 Å². The van der Waals surface area contributed by atoms with E-state index >= 15 is 0 Å². The maximum atomic E-state index is 11.6. The summed E-state index contributed by atoms with van der Waals surface area (Å²) in [6.45, 7) is 5.12. The number of benzene rings is 1. The van der Waals surface area contributed by atoms with E-state index in [1.807, 2.05) is 38.1 Å². The molecule has 16 heavy (non-hydrogen) atoms. The van der Waals surface area contributed by atoms with Gasteiger partial charge in [-0.05, 0) is 25.0 Å². The van der Waals surface area contributed by atoms with Crippen molar-refractivity contribution in [2.45, 2.75) is 26.4 Å². The number of rotatable bonds is 5. The summed E-state index contributed by atoms with van der Waals surface area (Å²) in [5, 5.41) is 2.67. The molecule has 1 rings (SSSR count). The third-order valence-electron chi connectivity index (χ3n) is 2.62. The lowest BCUT2D eigenvalue weighted by Gasteiger charge is -2.15. The van der Waals surface area contributed by atoms with E-state index in [-0.39, 0.29) is 11.8 Å². The summed E-state index contributed by atoms with van der Waals surface area (Å²) < 4.78 is 5.39. The molecular formula is C13H19NO2. The molecule has 0 aliphatic carbocycles. The van der Waals surface area contributed by atoms with Crippen LogP contribution in [0.4, 0.5) is 0 Å². The first-order chi connectivity index (χ1) is 7.70. The highest BCUT2D eigenvalue weighted by atomic mass is 16.5. The Morgan fingerprint density at radius 2 is 2.12 bits per heavy atom. The molecule has 0 aromatic heterocycles. The molecule has 0 saturated heterocycles. The molecular weight excluding hydrogens is 202 g/mol. The Hall–Kier alpha value is -1.35. The SMILES string of the molecule is CCOCc1ccccc1C(C)C(=O)NC. The van der Waals surface area contributed by atoms with Gasteiger partial charge in [0.15, 0.2) is 0 Å². The van der Waals surface area contributed by atoms with Crippen LogP contribution in [-0.2, 0) is 16.1 Å². The van der Waals surface area contributed by atoms with Gasteiger partial charge in [-0.25, -0.2) is 0 Å². The van der Waals surface area contributed by atoms with Crippen molar-refractivity contribution in [2.24, 2.45) is 0 Å². The van der Waals surface area contributed by atoms with Gasteiger partial charge in [0.25, 0.3) is 0 Å². The first-order valence-electron chi connectivity index (χ1n) is 5.57. The molecule has 0 aliphatic rings. The van der Waals surface area contributed by atoms with Gasteiger partial charge in [-0.15, -0.1) is 0 Å². The first-order valence-corrected chi connectivity index (χ1v) is 5.57. The Morgan fingerprint density at radius 1 is 1.44 bits per heavy atom. The average molecular weight is 221 g/mol. The molecule has 0 spiro atoms. The molecule has 1 amide bonds. The van der Waals surface area contributed by atoms with Crippen LogP contribution in [0.25, 0.3) is 0 Å². The van der Waals surface area contributed by atoms with Crippen LogP contribution in [-0.4, -0.2) is 19.6 Å². The number of hydrogen-bond donors (Lipinski definition) is 1. The van der Waals surface area contributed by atoms with Crippen molar-refractivity contribution >= 4 is 5.91 Å². The highest BCUT2D eigenvalue weighted by Crippen LogP contribution is 2.20. The first kappa shape index (κ1) is 12.7. The topological polar surface area (TPSA) is 38.3 Å². The second-order valence-corrected chi connectivity index (χ2v) is 3.67. The molecule has 0 fully saturated rings. The standard InChI is InChI=1S/C13H19NO2/c1-4-16-9-11-7-5-6-8-12(11)10(2)13(15)14-3/h5-8,10H,4,9H2,1-3H3,(H,14,15). The van der Waals surface area contributed by atoms with Crippen LogP contribution in [0.2, 0.25) is 0 Å². The molecule has 1 unspecified atom stereocenters. The van der Waals surface area contributed by atoms with E-state index in [4.69, 9.17) is 4.74 Å². The summed E-state index contributed by atoms with van der Waals surface area (Å²) in [6, 6.07) is 7.90. The summed E-state index contributed by atoms with van der Waals surface area (Å²) in [7, 11) is 1.66. The van der Waals surface area contributed by atoms with Crippen LogP contribution < -0.4 is 5.32 Å². The van der Waals surface area contributed by atoms with Crippen LogP contribution in [0.3, 0.4) is 0 Å². The summed E-state index contributed by atoms with van der Waals surface area (Å²) in [6.07, 6.45) is 0. The second kappa shape index (κ2) is 6.28. The van der Waals surface area contributed by atoms with E-state index in [1.54, 1.807) is 7.05 Å². The van der Waals surface area contributed by atoms with E-state index in [9.17, 15) is 4.79 Å². The maximum Gasteiger partial charge on any atom is 0.227 e. The normalized spacial score (nSPS) is 12.2. The minimum absolute atomic E-state index is 0.0314. The van der Waals surface area contributed by atoms with E-state index in [0.29, 0.717) is 13.2 Å². The largest absolute Gasteiger partial charge is 0.377 e. The summed E-state index contributed by atoms with van der Waals surface area (Å²) in [5.41, 5.74) is 2.12. The molecule has 0 aliphatic heterocycles. The van der Waals surface area contributed by atoms with Crippen molar-refractivity contribution in [2.75, 3.05) is 13.7 Å². The molecule has 88 valence electrons. The number of carbonyl (C=O) groups excluding carboxylic acids is 1. The van der Waals surface area contributed by atoms with Gasteiger partial charge >= 0.3 is 0 Å². The minimum atomic E-state index is -0.137. The molecule has 1 aromatic carbocycles. The molecule has 3 heteroatoms. The quantitative estimate of drug-likeness (QED) is 0.826. The number of nitrogens with one attached hydrogen (secondary N) is 1. The fourth-order valence-electron chi connectivity index (χ4n) is 1.66. The van der Waals surface area contributed by atoms with Gasteiger partial charge in [-0.2, -0.15) is 0 Å². The third-order valence-corrected chi connectivity index (χ3v) is 2.62. The lowest BCUT2D eigenvalue weighted by atomic mass is 9.95. The molecule has 0 heterocycles. The van der Waals surface area contributed by atoms with Crippen molar-refractivity contribution in [1.29, 1.82) is 0 Å². The molecule has 3 nitrogen and oxygen atoms in total. The van der Waals surface area contributed by atoms with Gasteiger partial charge < -0.3 is 10.1 Å². The molecule has 1 aromatic rings. The lowest BCUT2D eigenvalue weighted by Crippen LogP contribution is -2.24. The highest BCUT2D eigenvalue weighted by molar-refractivity contribution is 5.83. The highest BCUT2D eigenvalue weighted by Gasteiger charge is 2.16. The Labute approximate surface area is 96.8 Å². The predicted molar refractivity (Wildman–Crippen MR) is 64.3 cm³/mol. The third kappa shape index (κ3) is 3.07. The number of likely N-dealkylation sites (N-methyl/N-ethyl adjacent to an activating group) is 1. The zero-order valence-electron chi connectivity index (χ0n) is 10.1. The van der Waals surface area contributed by atoms with Crippen LogP contribution in [0, 0.1) is 0 Å². The van der Waals surface area contributed by atoms with Gasteiger partial charge in [0.2, 0.25) is 5.91 Å². The van der Waals surface area contributed by atoms with Gasteiger partial charge in [0.1, 0.15) is 0 Å². The fourth-order valence-corrected chi connectivity index (χ4v) is 1.66. The van der Waals surface area contributed by atoms with Crippen molar-refractivity contribution in [3.63, 3.8) is 0 Å². The van der Waals surface area contributed by atoms with Gasteiger partial charge in [-0.1, -0.05) is 24.3 Å². The molecule has 1 N–H and O–H groups in total. The average Bonchev–Trinajstić information content (AvgIpc) is 2.34. The fraction of sp³-hybridized carbons (Fsp3) is 0.462. The predicted octanol–water partition coefficient (Wildman–Crippen LogP) is 2.07. The minimum Gasteiger partial charge on any atom is -0.377 e. The number of ether oxygens (including phenoxy) is 1. The van der Waals surface area contributed by atoms with Crippen LogP contribution in [0.1, 0.15) is 30.9 Å². The van der Waals surface area contributed by atoms with Gasteiger partial charge in [0, 0.05) is 13.7 Å². The second-order valence-electron chi connectivity index (χ2n) is 3.67. The van der Waals surface area contributed by atoms with E-state index in [2.05, 4.69) is 5.32 Å². The molecule has 0 radical (unpaired) electrons. The molecule has 0 saturated carbocycles. The van der Waals surface area contributed by atoms with E-state index < -0.39 is 0 Å². The van der Waals surface area contributed by atoms with Crippen molar-refractivity contribution in [1.82, 2.24) is 5.32 Å². The monoisotopic (exact) mass is 221 g/mol. The Bertz CT molecular complexity index is 350. The van der Waals surface area contributed by atoms with Crippen molar-refractivity contribution in [3.05, 3.63) is 35.4 Å². The summed E-state index contributed by atoms with van der Waals surface area (Å²) >= 11 is 0. The molecule has 0 bridgehead atoms. The van der Waals surface area contributed by atoms with Gasteiger partial charge in [-0.3, -0.25) is 4.79 Å². The number of amides is 1. The number of carbonyl (C=O) groups is 1. The van der Waals surface area contributed by atoms with Crippen molar-refractivity contribution < 1.29 is 9.53 Å². The van der Waals surface area contributed by atoms with E-state index in [1.165, 1.54) is 0 Å². The Balaban J connectivity index is 2.89. The van der Waals surface area contributed by atoms with Gasteiger partial charge in [0.05, 0.1) is 12.5 Å². The number of hydrogen-bond acceptors (Lipinski definition) is 2.